The number of nitrogens with zero attached hydrogens (tertiary/aromatic N) is 2. The summed E-state index contributed by atoms with van der Waals surface area (Å²) in [6, 6.07) is 9.65. The van der Waals surface area contributed by atoms with Crippen LogP contribution < -0.4 is 0 Å². The Kier molecular flexibility index (Phi) is 4.49. The van der Waals surface area contributed by atoms with Crippen LogP contribution in [0.5, 0.6) is 0 Å². The standard InChI is InChI=1S/C23H23FN2O/c1-14-5-4-6-18(15(14)2)20-13-26(16-7-9-17(27)10-8-16)23-12-21(24)22(25-3)11-19(20)23/h4-6,11-13,16-17,27H,7-10H2,1-2H3. The summed E-state index contributed by atoms with van der Waals surface area (Å²) in [5, 5.41) is 10.8. The lowest BCUT2D eigenvalue weighted by atomic mass is 9.93. The summed E-state index contributed by atoms with van der Waals surface area (Å²) in [5.74, 6) is -0.472. The zero-order valence-corrected chi connectivity index (χ0v) is 15.7. The minimum atomic E-state index is -0.472. The Morgan fingerprint density at radius 3 is 2.56 bits per heavy atom. The highest BCUT2D eigenvalue weighted by Gasteiger charge is 2.24. The van der Waals surface area contributed by atoms with E-state index in [0.717, 1.165) is 47.7 Å². The molecule has 0 bridgehead atoms. The number of fused-ring (bicyclic) bond motifs is 1. The average Bonchev–Trinajstić information content (AvgIpc) is 3.02. The van der Waals surface area contributed by atoms with Crippen LogP contribution in [0.2, 0.25) is 0 Å². The number of halogens is 1. The molecule has 27 heavy (non-hydrogen) atoms. The normalized spacial score (nSPS) is 20.0. The van der Waals surface area contributed by atoms with Gasteiger partial charge in [0.05, 0.1) is 12.7 Å². The van der Waals surface area contributed by atoms with E-state index >= 15 is 0 Å². The summed E-state index contributed by atoms with van der Waals surface area (Å²) in [6.07, 6.45) is 5.18. The molecule has 138 valence electrons. The smallest absolute Gasteiger partial charge is 0.222 e. The third-order valence-electron chi connectivity index (χ3n) is 5.98. The van der Waals surface area contributed by atoms with Crippen LogP contribution in [-0.4, -0.2) is 15.8 Å². The number of benzene rings is 2. The first-order chi connectivity index (χ1) is 13.0. The number of hydrogen-bond acceptors (Lipinski definition) is 1. The van der Waals surface area contributed by atoms with E-state index in [4.69, 9.17) is 6.57 Å². The average molecular weight is 362 g/mol. The van der Waals surface area contributed by atoms with Crippen molar-refractivity contribution in [3.05, 3.63) is 64.9 Å². The van der Waals surface area contributed by atoms with E-state index in [1.54, 1.807) is 6.07 Å². The Hall–Kier alpha value is -2.64. The van der Waals surface area contributed by atoms with Crippen LogP contribution in [-0.2, 0) is 0 Å². The van der Waals surface area contributed by atoms with Gasteiger partial charge >= 0.3 is 0 Å². The summed E-state index contributed by atoms with van der Waals surface area (Å²) in [4.78, 5) is 3.36. The van der Waals surface area contributed by atoms with Crippen molar-refractivity contribution in [3.63, 3.8) is 0 Å². The third-order valence-corrected chi connectivity index (χ3v) is 5.98. The van der Waals surface area contributed by atoms with Gasteiger partial charge in [-0.25, -0.2) is 9.24 Å². The molecule has 1 aliphatic rings. The molecule has 1 fully saturated rings. The van der Waals surface area contributed by atoms with Gasteiger partial charge in [-0.05, 0) is 73.7 Å². The van der Waals surface area contributed by atoms with Crippen molar-refractivity contribution >= 4 is 16.6 Å². The van der Waals surface area contributed by atoms with Crippen molar-refractivity contribution in [2.24, 2.45) is 0 Å². The summed E-state index contributed by atoms with van der Waals surface area (Å²) in [6.45, 7) is 11.5. The molecule has 0 unspecified atom stereocenters. The van der Waals surface area contributed by atoms with Crippen LogP contribution in [0, 0.1) is 26.2 Å². The number of aliphatic hydroxyl groups is 1. The molecular formula is C23H23FN2O. The van der Waals surface area contributed by atoms with Gasteiger partial charge in [0.25, 0.3) is 0 Å². The number of rotatable bonds is 2. The van der Waals surface area contributed by atoms with Crippen LogP contribution in [0.3, 0.4) is 0 Å². The van der Waals surface area contributed by atoms with E-state index in [2.05, 4.69) is 41.6 Å². The lowest BCUT2D eigenvalue weighted by Crippen LogP contribution is -2.20. The Balaban J connectivity index is 1.96. The molecule has 3 nitrogen and oxygen atoms in total. The summed E-state index contributed by atoms with van der Waals surface area (Å²) in [5.41, 5.74) is 5.47. The van der Waals surface area contributed by atoms with E-state index in [1.807, 2.05) is 6.07 Å². The van der Waals surface area contributed by atoms with Gasteiger partial charge in [-0.15, -0.1) is 0 Å². The van der Waals surface area contributed by atoms with E-state index < -0.39 is 5.82 Å². The van der Waals surface area contributed by atoms with Gasteiger partial charge in [0.2, 0.25) is 5.69 Å². The largest absolute Gasteiger partial charge is 0.393 e. The molecule has 0 atom stereocenters. The molecule has 4 rings (SSSR count). The van der Waals surface area contributed by atoms with Gasteiger partial charge in [-0.3, -0.25) is 0 Å². The zero-order valence-electron chi connectivity index (χ0n) is 15.7. The molecule has 1 saturated carbocycles. The van der Waals surface area contributed by atoms with Crippen molar-refractivity contribution < 1.29 is 9.50 Å². The van der Waals surface area contributed by atoms with Crippen LogP contribution in [0.1, 0.15) is 42.9 Å². The molecule has 0 saturated heterocycles. The van der Waals surface area contributed by atoms with Crippen molar-refractivity contribution in [1.29, 1.82) is 0 Å². The number of aryl methyl sites for hydroxylation is 1. The SMILES string of the molecule is [C-]#[N+]c1cc2c(-c3cccc(C)c3C)cn(C3CCC(O)CC3)c2cc1F. The van der Waals surface area contributed by atoms with Gasteiger partial charge in [0.1, 0.15) is 5.82 Å². The Morgan fingerprint density at radius 1 is 1.11 bits per heavy atom. The second-order valence-corrected chi connectivity index (χ2v) is 7.59. The van der Waals surface area contributed by atoms with E-state index in [-0.39, 0.29) is 17.8 Å². The van der Waals surface area contributed by atoms with Crippen molar-refractivity contribution in [3.8, 4) is 11.1 Å². The van der Waals surface area contributed by atoms with Gasteiger partial charge in [0, 0.05) is 23.3 Å². The van der Waals surface area contributed by atoms with Gasteiger partial charge in [-0.1, -0.05) is 18.2 Å². The van der Waals surface area contributed by atoms with Crippen molar-refractivity contribution in [2.75, 3.05) is 0 Å². The molecule has 4 heteroatoms. The van der Waals surface area contributed by atoms with Crippen LogP contribution >= 0.6 is 0 Å². The highest BCUT2D eigenvalue weighted by Crippen LogP contribution is 2.40. The van der Waals surface area contributed by atoms with Crippen LogP contribution in [0.15, 0.2) is 36.5 Å². The molecule has 1 aliphatic carbocycles. The molecule has 0 amide bonds. The first kappa shape index (κ1) is 17.8. The van der Waals surface area contributed by atoms with Crippen molar-refractivity contribution in [1.82, 2.24) is 4.57 Å². The minimum Gasteiger partial charge on any atom is -0.393 e. The van der Waals surface area contributed by atoms with Crippen LogP contribution in [0.25, 0.3) is 26.9 Å². The van der Waals surface area contributed by atoms with E-state index in [0.29, 0.717) is 0 Å². The summed E-state index contributed by atoms with van der Waals surface area (Å²) >= 11 is 0. The molecule has 1 N–H and O–H groups in total. The molecular weight excluding hydrogens is 339 g/mol. The van der Waals surface area contributed by atoms with E-state index in [1.165, 1.54) is 17.2 Å². The molecule has 0 radical (unpaired) electrons. The number of hydrogen-bond donors (Lipinski definition) is 1. The zero-order chi connectivity index (χ0) is 19.1. The quantitative estimate of drug-likeness (QED) is 0.549. The second kappa shape index (κ2) is 6.83. The summed E-state index contributed by atoms with van der Waals surface area (Å²) in [7, 11) is 0. The maximum atomic E-state index is 14.4. The predicted octanol–water partition coefficient (Wildman–Crippen LogP) is 6.09. The van der Waals surface area contributed by atoms with Gasteiger partial charge in [-0.2, -0.15) is 0 Å². The second-order valence-electron chi connectivity index (χ2n) is 7.59. The predicted molar refractivity (Wildman–Crippen MR) is 107 cm³/mol. The Morgan fingerprint density at radius 2 is 1.85 bits per heavy atom. The maximum Gasteiger partial charge on any atom is 0.222 e. The van der Waals surface area contributed by atoms with Crippen molar-refractivity contribution in [2.45, 2.75) is 51.7 Å². The van der Waals surface area contributed by atoms with Gasteiger partial charge < -0.3 is 9.67 Å². The Labute approximate surface area is 158 Å². The first-order valence-corrected chi connectivity index (χ1v) is 9.45. The lowest BCUT2D eigenvalue weighted by molar-refractivity contribution is 0.111. The minimum absolute atomic E-state index is 0.0610. The molecule has 0 spiro atoms. The fraction of sp³-hybridized carbons (Fsp3) is 0.348. The molecule has 2 aromatic carbocycles. The molecule has 0 aliphatic heterocycles. The van der Waals surface area contributed by atoms with E-state index in [9.17, 15) is 9.50 Å². The summed E-state index contributed by atoms with van der Waals surface area (Å²) < 4.78 is 16.6. The number of aromatic nitrogens is 1. The fourth-order valence-corrected chi connectivity index (χ4v) is 4.24. The third kappa shape index (κ3) is 3.02. The van der Waals surface area contributed by atoms with Crippen LogP contribution in [0.4, 0.5) is 10.1 Å². The monoisotopic (exact) mass is 362 g/mol. The Bertz CT molecular complexity index is 1050. The molecule has 1 heterocycles. The fourth-order valence-electron chi connectivity index (χ4n) is 4.24. The molecule has 1 aromatic heterocycles. The highest BCUT2D eigenvalue weighted by molar-refractivity contribution is 5.99. The lowest BCUT2D eigenvalue weighted by Gasteiger charge is -2.27. The topological polar surface area (TPSA) is 29.5 Å². The maximum absolute atomic E-state index is 14.4. The number of aliphatic hydroxyl groups excluding tert-OH is 1. The molecule has 3 aromatic rings. The first-order valence-electron chi connectivity index (χ1n) is 9.45. The highest BCUT2D eigenvalue weighted by atomic mass is 19.1. The van der Waals surface area contributed by atoms with Gasteiger partial charge in [0.15, 0.2) is 0 Å².